The summed E-state index contributed by atoms with van der Waals surface area (Å²) in [6.07, 6.45) is 3.88. The molecule has 0 aromatic carbocycles. The van der Waals surface area contributed by atoms with Gasteiger partial charge in [0, 0.05) is 18.4 Å². The Morgan fingerprint density at radius 1 is 1.71 bits per heavy atom. The highest BCUT2D eigenvalue weighted by Crippen LogP contribution is 2.18. The molecule has 0 saturated heterocycles. The summed E-state index contributed by atoms with van der Waals surface area (Å²) in [7, 11) is 0. The van der Waals surface area contributed by atoms with Gasteiger partial charge in [0.05, 0.1) is 0 Å². The number of rotatable bonds is 4. The van der Waals surface area contributed by atoms with Crippen molar-refractivity contribution in [1.82, 2.24) is 4.98 Å². The number of nitrogens with zero attached hydrogens (tertiary/aromatic N) is 1. The normalized spacial score (nSPS) is 9.79. The Hall–Kier alpha value is -1.23. The van der Waals surface area contributed by atoms with E-state index in [1.165, 1.54) is 12.3 Å². The largest absolute Gasteiger partial charge is 0.504 e. The van der Waals surface area contributed by atoms with Crippen molar-refractivity contribution in [3.05, 3.63) is 18.3 Å². The molecule has 0 aliphatic carbocycles. The summed E-state index contributed by atoms with van der Waals surface area (Å²) in [5.41, 5.74) is 0. The molecule has 14 heavy (non-hydrogen) atoms. The Balaban J connectivity index is 2.52. The Morgan fingerprint density at radius 2 is 2.50 bits per heavy atom. The van der Waals surface area contributed by atoms with Crippen LogP contribution in [0.4, 0.5) is 5.82 Å². The molecule has 0 spiro atoms. The number of hydrogen-bond donors (Lipinski definition) is 2. The summed E-state index contributed by atoms with van der Waals surface area (Å²) in [6.45, 7) is 0. The molecular weight excluding hydrogens is 200 g/mol. The molecule has 0 fully saturated rings. The van der Waals surface area contributed by atoms with Gasteiger partial charge in [-0.05, 0) is 18.4 Å². The van der Waals surface area contributed by atoms with E-state index in [1.807, 2.05) is 6.26 Å². The minimum Gasteiger partial charge on any atom is -0.504 e. The second kappa shape index (κ2) is 5.49. The number of amides is 1. The van der Waals surface area contributed by atoms with Gasteiger partial charge in [-0.2, -0.15) is 11.8 Å². The maximum absolute atomic E-state index is 11.2. The third kappa shape index (κ3) is 3.26. The fourth-order valence-corrected chi connectivity index (χ4v) is 1.27. The van der Waals surface area contributed by atoms with Gasteiger partial charge >= 0.3 is 0 Å². The highest BCUT2D eigenvalue weighted by molar-refractivity contribution is 7.98. The van der Waals surface area contributed by atoms with Crippen LogP contribution in [0.2, 0.25) is 0 Å². The molecule has 5 heteroatoms. The molecular formula is C9H12N2O2S. The van der Waals surface area contributed by atoms with Crippen molar-refractivity contribution >= 4 is 23.5 Å². The van der Waals surface area contributed by atoms with Crippen molar-refractivity contribution in [3.63, 3.8) is 0 Å². The monoisotopic (exact) mass is 212 g/mol. The number of aromatic nitrogens is 1. The van der Waals surface area contributed by atoms with Crippen molar-refractivity contribution in [3.8, 4) is 5.75 Å². The van der Waals surface area contributed by atoms with Crippen molar-refractivity contribution in [1.29, 1.82) is 0 Å². The van der Waals surface area contributed by atoms with Gasteiger partial charge in [0.25, 0.3) is 0 Å². The first-order valence-electron chi connectivity index (χ1n) is 4.17. The summed E-state index contributed by atoms with van der Waals surface area (Å²) in [4.78, 5) is 15.1. The Kier molecular flexibility index (Phi) is 4.25. The zero-order chi connectivity index (χ0) is 10.4. The second-order valence-corrected chi connectivity index (χ2v) is 3.65. The number of nitrogens with one attached hydrogen (secondary N) is 1. The lowest BCUT2D eigenvalue weighted by Gasteiger charge is -2.04. The van der Waals surface area contributed by atoms with Gasteiger partial charge in [-0.25, -0.2) is 4.98 Å². The van der Waals surface area contributed by atoms with Crippen LogP contribution in [-0.4, -0.2) is 28.0 Å². The van der Waals surface area contributed by atoms with Gasteiger partial charge in [-0.15, -0.1) is 0 Å². The molecule has 0 unspecified atom stereocenters. The predicted octanol–water partition coefficient (Wildman–Crippen LogP) is 1.48. The van der Waals surface area contributed by atoms with Gasteiger partial charge in [0.1, 0.15) is 0 Å². The highest BCUT2D eigenvalue weighted by Gasteiger charge is 2.05. The van der Waals surface area contributed by atoms with Gasteiger partial charge in [0.2, 0.25) is 5.91 Å². The zero-order valence-corrected chi connectivity index (χ0v) is 8.67. The van der Waals surface area contributed by atoms with E-state index >= 15 is 0 Å². The summed E-state index contributed by atoms with van der Waals surface area (Å²) < 4.78 is 0. The molecule has 0 atom stereocenters. The number of thioether (sulfide) groups is 1. The zero-order valence-electron chi connectivity index (χ0n) is 7.86. The number of carbonyl (C=O) groups excluding carboxylic acids is 1. The van der Waals surface area contributed by atoms with Crippen LogP contribution in [0.3, 0.4) is 0 Å². The smallest absolute Gasteiger partial charge is 0.226 e. The van der Waals surface area contributed by atoms with Crippen LogP contribution in [0.1, 0.15) is 6.42 Å². The summed E-state index contributed by atoms with van der Waals surface area (Å²) in [5, 5.41) is 11.8. The quantitative estimate of drug-likeness (QED) is 0.793. The molecule has 1 aromatic heterocycles. The van der Waals surface area contributed by atoms with Crippen molar-refractivity contribution < 1.29 is 9.90 Å². The number of hydrogen-bond acceptors (Lipinski definition) is 4. The van der Waals surface area contributed by atoms with E-state index in [0.717, 1.165) is 5.75 Å². The van der Waals surface area contributed by atoms with Crippen LogP contribution in [0.15, 0.2) is 18.3 Å². The average molecular weight is 212 g/mol. The summed E-state index contributed by atoms with van der Waals surface area (Å²) in [5.74, 6) is 0.844. The minimum absolute atomic E-state index is 0.00926. The van der Waals surface area contributed by atoms with Gasteiger partial charge < -0.3 is 10.4 Å². The van der Waals surface area contributed by atoms with Crippen LogP contribution in [0.25, 0.3) is 0 Å². The van der Waals surface area contributed by atoms with Crippen molar-refractivity contribution in [2.24, 2.45) is 0 Å². The fourth-order valence-electron chi connectivity index (χ4n) is 0.882. The first-order chi connectivity index (χ1) is 6.74. The van der Waals surface area contributed by atoms with Gasteiger partial charge in [-0.3, -0.25) is 4.79 Å². The first kappa shape index (κ1) is 10.8. The van der Waals surface area contributed by atoms with E-state index in [-0.39, 0.29) is 17.5 Å². The van der Waals surface area contributed by atoms with Crippen molar-refractivity contribution in [2.75, 3.05) is 17.3 Å². The molecule has 1 rings (SSSR count). The third-order valence-corrected chi connectivity index (χ3v) is 2.19. The maximum atomic E-state index is 11.2. The molecule has 1 aromatic rings. The van der Waals surface area contributed by atoms with E-state index in [4.69, 9.17) is 0 Å². The number of carbonyl (C=O) groups is 1. The molecule has 2 N–H and O–H groups in total. The fraction of sp³-hybridized carbons (Fsp3) is 0.333. The Morgan fingerprint density at radius 3 is 3.14 bits per heavy atom. The Bertz CT molecular complexity index is 317. The minimum atomic E-state index is -0.131. The van der Waals surface area contributed by atoms with Crippen LogP contribution >= 0.6 is 11.8 Å². The van der Waals surface area contributed by atoms with Gasteiger partial charge in [0.15, 0.2) is 11.6 Å². The lowest BCUT2D eigenvalue weighted by Crippen LogP contribution is -2.13. The van der Waals surface area contributed by atoms with E-state index in [1.54, 1.807) is 17.8 Å². The second-order valence-electron chi connectivity index (χ2n) is 2.66. The van der Waals surface area contributed by atoms with Crippen LogP contribution in [0, 0.1) is 0 Å². The van der Waals surface area contributed by atoms with E-state index in [9.17, 15) is 9.90 Å². The van der Waals surface area contributed by atoms with E-state index in [2.05, 4.69) is 10.3 Å². The average Bonchev–Trinajstić information content (AvgIpc) is 2.18. The number of anilines is 1. The summed E-state index contributed by atoms with van der Waals surface area (Å²) in [6, 6.07) is 3.09. The first-order valence-corrected chi connectivity index (χ1v) is 5.56. The van der Waals surface area contributed by atoms with Crippen LogP contribution in [0.5, 0.6) is 5.75 Å². The molecule has 1 heterocycles. The molecule has 0 saturated carbocycles. The third-order valence-electron chi connectivity index (χ3n) is 1.58. The van der Waals surface area contributed by atoms with Crippen LogP contribution in [-0.2, 0) is 4.79 Å². The molecule has 0 aliphatic heterocycles. The molecule has 0 radical (unpaired) electrons. The molecule has 0 bridgehead atoms. The molecule has 1 amide bonds. The van der Waals surface area contributed by atoms with Crippen molar-refractivity contribution in [2.45, 2.75) is 6.42 Å². The SMILES string of the molecule is CSCCC(=O)Nc1ncccc1O. The van der Waals surface area contributed by atoms with E-state index < -0.39 is 0 Å². The lowest BCUT2D eigenvalue weighted by atomic mass is 10.4. The van der Waals surface area contributed by atoms with Gasteiger partial charge in [-0.1, -0.05) is 0 Å². The van der Waals surface area contributed by atoms with Crippen LogP contribution < -0.4 is 5.32 Å². The predicted molar refractivity (Wildman–Crippen MR) is 57.5 cm³/mol. The standard InChI is InChI=1S/C9H12N2O2S/c1-14-6-4-8(13)11-9-7(12)3-2-5-10-9/h2-3,5,12H,4,6H2,1H3,(H,10,11,13). The van der Waals surface area contributed by atoms with E-state index in [0.29, 0.717) is 6.42 Å². The molecule has 4 nitrogen and oxygen atoms in total. The Labute approximate surface area is 86.7 Å². The molecule has 0 aliphatic rings. The highest BCUT2D eigenvalue weighted by atomic mass is 32.2. The number of pyridine rings is 1. The lowest BCUT2D eigenvalue weighted by molar-refractivity contribution is -0.115. The molecule has 76 valence electrons. The topological polar surface area (TPSA) is 62.2 Å². The summed E-state index contributed by atoms with van der Waals surface area (Å²) >= 11 is 1.60. The number of aromatic hydroxyl groups is 1. The maximum Gasteiger partial charge on any atom is 0.226 e.